The molecule has 20 heavy (non-hydrogen) atoms. The predicted molar refractivity (Wildman–Crippen MR) is 73.5 cm³/mol. The van der Waals surface area contributed by atoms with Gasteiger partial charge in [0, 0.05) is 19.5 Å². The first-order valence-electron chi connectivity index (χ1n) is 6.73. The summed E-state index contributed by atoms with van der Waals surface area (Å²) in [7, 11) is 0. The summed E-state index contributed by atoms with van der Waals surface area (Å²) in [4.78, 5) is 25.6. The van der Waals surface area contributed by atoms with Gasteiger partial charge in [0.2, 0.25) is 11.8 Å². The van der Waals surface area contributed by atoms with Crippen molar-refractivity contribution in [3.63, 3.8) is 0 Å². The van der Waals surface area contributed by atoms with Crippen LogP contribution in [0, 0.1) is 5.82 Å². The van der Waals surface area contributed by atoms with Gasteiger partial charge in [-0.2, -0.15) is 0 Å². The number of nitrogens with one attached hydrogen (secondary N) is 1. The van der Waals surface area contributed by atoms with Gasteiger partial charge in [-0.1, -0.05) is 12.1 Å². The van der Waals surface area contributed by atoms with Crippen LogP contribution < -0.4 is 5.32 Å². The number of benzene rings is 1. The highest BCUT2D eigenvalue weighted by atomic mass is 19.1. The second-order valence-corrected chi connectivity index (χ2v) is 5.59. The molecule has 1 saturated heterocycles. The SMILES string of the molecule is CC1(C)NC(=O)CCN(CCc2ccc(F)cc2)C1=O. The van der Waals surface area contributed by atoms with Crippen LogP contribution in [0.25, 0.3) is 0 Å². The van der Waals surface area contributed by atoms with E-state index in [0.29, 0.717) is 25.9 Å². The van der Waals surface area contributed by atoms with Crippen molar-refractivity contribution in [2.45, 2.75) is 32.2 Å². The summed E-state index contributed by atoms with van der Waals surface area (Å²) in [6.07, 6.45) is 0.967. The van der Waals surface area contributed by atoms with Crippen molar-refractivity contribution in [2.75, 3.05) is 13.1 Å². The lowest BCUT2D eigenvalue weighted by Gasteiger charge is -2.28. The van der Waals surface area contributed by atoms with Gasteiger partial charge in [0.25, 0.3) is 0 Å². The highest BCUT2D eigenvalue weighted by Gasteiger charge is 2.36. The minimum Gasteiger partial charge on any atom is -0.342 e. The summed E-state index contributed by atoms with van der Waals surface area (Å²) in [5, 5.41) is 2.72. The molecule has 0 spiro atoms. The zero-order chi connectivity index (χ0) is 14.8. The van der Waals surface area contributed by atoms with Crippen LogP contribution in [0.5, 0.6) is 0 Å². The van der Waals surface area contributed by atoms with Crippen LogP contribution in [0.2, 0.25) is 0 Å². The van der Waals surface area contributed by atoms with Crippen molar-refractivity contribution >= 4 is 11.8 Å². The molecule has 0 aromatic heterocycles. The van der Waals surface area contributed by atoms with E-state index in [1.807, 2.05) is 0 Å². The average molecular weight is 278 g/mol. The lowest BCUT2D eigenvalue weighted by molar-refractivity contribution is -0.137. The molecule has 1 heterocycles. The topological polar surface area (TPSA) is 49.4 Å². The summed E-state index contributed by atoms with van der Waals surface area (Å²) in [6, 6.07) is 6.25. The molecule has 5 heteroatoms. The lowest BCUT2D eigenvalue weighted by atomic mass is 10.0. The molecule has 0 unspecified atom stereocenters. The fourth-order valence-electron chi connectivity index (χ4n) is 2.33. The average Bonchev–Trinajstić information content (AvgIpc) is 2.48. The summed E-state index contributed by atoms with van der Waals surface area (Å²) >= 11 is 0. The van der Waals surface area contributed by atoms with Gasteiger partial charge in [-0.25, -0.2) is 4.39 Å². The Morgan fingerprint density at radius 2 is 1.90 bits per heavy atom. The molecule has 0 aliphatic carbocycles. The number of carbonyl (C=O) groups excluding carboxylic acids is 2. The van der Waals surface area contributed by atoms with Crippen molar-refractivity contribution in [1.82, 2.24) is 10.2 Å². The summed E-state index contributed by atoms with van der Waals surface area (Å²) in [5.41, 5.74) is 0.108. The first-order valence-corrected chi connectivity index (χ1v) is 6.73. The van der Waals surface area contributed by atoms with Gasteiger partial charge >= 0.3 is 0 Å². The van der Waals surface area contributed by atoms with Crippen LogP contribution in [0.4, 0.5) is 4.39 Å². The van der Waals surface area contributed by atoms with Crippen LogP contribution in [0.3, 0.4) is 0 Å². The van der Waals surface area contributed by atoms with E-state index in [4.69, 9.17) is 0 Å². The monoisotopic (exact) mass is 278 g/mol. The first kappa shape index (κ1) is 14.5. The second-order valence-electron chi connectivity index (χ2n) is 5.59. The molecule has 0 atom stereocenters. The third kappa shape index (κ3) is 3.35. The maximum absolute atomic E-state index is 12.8. The predicted octanol–water partition coefficient (Wildman–Crippen LogP) is 1.50. The minimum atomic E-state index is -0.865. The summed E-state index contributed by atoms with van der Waals surface area (Å²) in [6.45, 7) is 4.38. The smallest absolute Gasteiger partial charge is 0.247 e. The molecule has 1 aromatic rings. The van der Waals surface area contributed by atoms with Crippen LogP contribution in [-0.4, -0.2) is 35.3 Å². The van der Waals surface area contributed by atoms with Crippen LogP contribution in [0.1, 0.15) is 25.8 Å². The van der Waals surface area contributed by atoms with Gasteiger partial charge in [-0.05, 0) is 38.0 Å². The van der Waals surface area contributed by atoms with E-state index in [1.54, 1.807) is 30.9 Å². The molecule has 1 N–H and O–H groups in total. The Morgan fingerprint density at radius 3 is 2.55 bits per heavy atom. The molecule has 0 saturated carbocycles. The van der Waals surface area contributed by atoms with Crippen LogP contribution >= 0.6 is 0 Å². The van der Waals surface area contributed by atoms with Gasteiger partial charge in [-0.3, -0.25) is 9.59 Å². The van der Waals surface area contributed by atoms with E-state index >= 15 is 0 Å². The highest BCUT2D eigenvalue weighted by Crippen LogP contribution is 2.14. The number of nitrogens with zero attached hydrogens (tertiary/aromatic N) is 1. The molecule has 4 nitrogen and oxygen atoms in total. The Kier molecular flexibility index (Phi) is 4.06. The number of hydrogen-bond donors (Lipinski definition) is 1. The third-order valence-corrected chi connectivity index (χ3v) is 3.47. The van der Waals surface area contributed by atoms with Crippen molar-refractivity contribution in [2.24, 2.45) is 0 Å². The standard InChI is InChI=1S/C15H19FN2O2/c1-15(2)14(20)18(10-8-13(19)17-15)9-7-11-3-5-12(16)6-4-11/h3-6H,7-10H2,1-2H3,(H,17,19). The number of rotatable bonds is 3. The van der Waals surface area contributed by atoms with Crippen molar-refractivity contribution in [3.05, 3.63) is 35.6 Å². The molecular formula is C15H19FN2O2. The van der Waals surface area contributed by atoms with E-state index in [-0.39, 0.29) is 17.6 Å². The zero-order valence-electron chi connectivity index (χ0n) is 11.8. The molecule has 1 aliphatic heterocycles. The molecule has 1 aromatic carbocycles. The van der Waals surface area contributed by atoms with Crippen LogP contribution in [-0.2, 0) is 16.0 Å². The second kappa shape index (κ2) is 5.61. The van der Waals surface area contributed by atoms with Gasteiger partial charge < -0.3 is 10.2 Å². The van der Waals surface area contributed by atoms with E-state index in [2.05, 4.69) is 5.32 Å². The maximum Gasteiger partial charge on any atom is 0.247 e. The van der Waals surface area contributed by atoms with Gasteiger partial charge in [0.05, 0.1) is 0 Å². The summed E-state index contributed by atoms with van der Waals surface area (Å²) in [5.74, 6) is -0.450. The maximum atomic E-state index is 12.8. The van der Waals surface area contributed by atoms with Crippen LogP contribution in [0.15, 0.2) is 24.3 Å². The number of amides is 2. The number of halogens is 1. The lowest BCUT2D eigenvalue weighted by Crippen LogP contribution is -2.53. The zero-order valence-corrected chi connectivity index (χ0v) is 11.8. The minimum absolute atomic E-state index is 0.0783. The Balaban J connectivity index is 2.02. The quantitative estimate of drug-likeness (QED) is 0.911. The van der Waals surface area contributed by atoms with Gasteiger partial charge in [0.15, 0.2) is 0 Å². The van der Waals surface area contributed by atoms with Crippen molar-refractivity contribution in [1.29, 1.82) is 0 Å². The molecule has 2 rings (SSSR count). The fraction of sp³-hybridized carbons (Fsp3) is 0.467. The normalized spacial score (nSPS) is 18.6. The fourth-order valence-corrected chi connectivity index (χ4v) is 2.33. The third-order valence-electron chi connectivity index (χ3n) is 3.47. The molecule has 1 aliphatic rings. The van der Waals surface area contributed by atoms with Gasteiger partial charge in [0.1, 0.15) is 11.4 Å². The Morgan fingerprint density at radius 1 is 1.25 bits per heavy atom. The first-order chi connectivity index (χ1) is 9.38. The van der Waals surface area contributed by atoms with E-state index in [0.717, 1.165) is 5.56 Å². The Hall–Kier alpha value is -1.91. The number of carbonyl (C=O) groups is 2. The summed E-state index contributed by atoms with van der Waals surface area (Å²) < 4.78 is 12.8. The van der Waals surface area contributed by atoms with E-state index in [1.165, 1.54) is 12.1 Å². The molecule has 0 radical (unpaired) electrons. The molecule has 2 amide bonds. The Labute approximate surface area is 118 Å². The Bertz CT molecular complexity index is 511. The van der Waals surface area contributed by atoms with E-state index in [9.17, 15) is 14.0 Å². The molecule has 1 fully saturated rings. The van der Waals surface area contributed by atoms with Gasteiger partial charge in [-0.15, -0.1) is 0 Å². The van der Waals surface area contributed by atoms with E-state index < -0.39 is 5.54 Å². The van der Waals surface area contributed by atoms with Crippen molar-refractivity contribution in [3.8, 4) is 0 Å². The largest absolute Gasteiger partial charge is 0.342 e. The molecule has 0 bridgehead atoms. The highest BCUT2D eigenvalue weighted by molar-refractivity contribution is 5.92. The molecular weight excluding hydrogens is 259 g/mol. The number of hydrogen-bond acceptors (Lipinski definition) is 2. The molecule has 108 valence electrons. The van der Waals surface area contributed by atoms with Crippen molar-refractivity contribution < 1.29 is 14.0 Å².